The van der Waals surface area contributed by atoms with Crippen molar-refractivity contribution in [1.29, 1.82) is 0 Å². The maximum Gasteiger partial charge on any atom is 0.319 e. The molecule has 0 aliphatic carbocycles. The Morgan fingerprint density at radius 2 is 2.07 bits per heavy atom. The zero-order chi connectivity index (χ0) is 10.7. The number of carboxylic acids is 1. The van der Waals surface area contributed by atoms with Crippen LogP contribution in [0.4, 0.5) is 0 Å². The fraction of sp³-hybridized carbons (Fsp3) is 0.200. The lowest BCUT2D eigenvalue weighted by atomic mass is 9.98. The van der Waals surface area contributed by atoms with Gasteiger partial charge in [-0.2, -0.15) is 0 Å². The van der Waals surface area contributed by atoms with Crippen molar-refractivity contribution in [2.45, 2.75) is 12.8 Å². The van der Waals surface area contributed by atoms with E-state index in [1.54, 1.807) is 18.2 Å². The summed E-state index contributed by atoms with van der Waals surface area (Å²) in [6, 6.07) is 6.91. The summed E-state index contributed by atoms with van der Waals surface area (Å²) < 4.78 is 0. The summed E-state index contributed by atoms with van der Waals surface area (Å²) in [5.41, 5.74) is 1.44. The molecule has 1 aromatic carbocycles. The number of aryl methyl sites for hydroxylation is 1. The van der Waals surface area contributed by atoms with E-state index in [2.05, 4.69) is 12.2 Å². The molecule has 0 heterocycles. The Morgan fingerprint density at radius 3 is 2.50 bits per heavy atom. The summed E-state index contributed by atoms with van der Waals surface area (Å²) in [6.07, 6.45) is 0. The lowest BCUT2D eigenvalue weighted by Crippen LogP contribution is -2.19. The van der Waals surface area contributed by atoms with Crippen LogP contribution in [0.2, 0.25) is 0 Å². The minimum atomic E-state index is -1.14. The number of benzene rings is 1. The van der Waals surface area contributed by atoms with Gasteiger partial charge in [-0.15, -0.1) is 0 Å². The van der Waals surface area contributed by atoms with Crippen molar-refractivity contribution in [3.63, 3.8) is 0 Å². The molecule has 0 saturated carbocycles. The Labute approximate surface area is 87.0 Å². The van der Waals surface area contributed by atoms with Crippen molar-refractivity contribution in [3.8, 4) is 0 Å². The second-order valence-electron chi connectivity index (χ2n) is 3.02. The number of hydrogen-bond donors (Lipinski definition) is 2. The number of carbonyl (C=O) groups is 1. The largest absolute Gasteiger partial charge is 0.501 e. The second kappa shape index (κ2) is 4.19. The maximum absolute atomic E-state index is 10.8. The molecule has 0 saturated heterocycles. The van der Waals surface area contributed by atoms with E-state index in [1.165, 1.54) is 0 Å². The van der Waals surface area contributed by atoms with Gasteiger partial charge in [-0.1, -0.05) is 29.8 Å². The maximum atomic E-state index is 10.8. The molecule has 0 bridgehead atoms. The van der Waals surface area contributed by atoms with Gasteiger partial charge in [-0.3, -0.25) is 4.79 Å². The van der Waals surface area contributed by atoms with Crippen LogP contribution in [-0.4, -0.2) is 21.2 Å². The molecule has 1 atom stereocenters. The molecule has 1 rings (SSSR count). The molecule has 0 spiro atoms. The molecule has 0 fully saturated rings. The van der Waals surface area contributed by atoms with Crippen LogP contribution in [0.5, 0.6) is 0 Å². The number of aliphatic hydroxyl groups excluding tert-OH is 1. The van der Waals surface area contributed by atoms with Crippen molar-refractivity contribution in [1.82, 2.24) is 0 Å². The Morgan fingerprint density at radius 1 is 1.43 bits per heavy atom. The van der Waals surface area contributed by atoms with Crippen LogP contribution in [0.1, 0.15) is 17.0 Å². The van der Waals surface area contributed by atoms with Crippen molar-refractivity contribution in [2.75, 3.05) is 0 Å². The summed E-state index contributed by atoms with van der Waals surface area (Å²) in [5, 5.41) is 17.4. The second-order valence-corrected chi connectivity index (χ2v) is 3.44. The van der Waals surface area contributed by atoms with Crippen LogP contribution >= 0.6 is 12.2 Å². The first-order valence-corrected chi connectivity index (χ1v) is 4.45. The van der Waals surface area contributed by atoms with Gasteiger partial charge in [0, 0.05) is 0 Å². The van der Waals surface area contributed by atoms with Gasteiger partial charge in [0.25, 0.3) is 0 Å². The molecule has 2 N–H and O–H groups in total. The highest BCUT2D eigenvalue weighted by Gasteiger charge is 2.24. The van der Waals surface area contributed by atoms with Gasteiger partial charge in [0.15, 0.2) is 5.05 Å². The van der Waals surface area contributed by atoms with E-state index >= 15 is 0 Å². The molecule has 4 heteroatoms. The average molecular weight is 210 g/mol. The first kappa shape index (κ1) is 10.7. The van der Waals surface area contributed by atoms with Crippen LogP contribution in [0.25, 0.3) is 0 Å². The average Bonchev–Trinajstić information content (AvgIpc) is 2.02. The van der Waals surface area contributed by atoms with E-state index < -0.39 is 16.9 Å². The molecule has 0 aliphatic heterocycles. The monoisotopic (exact) mass is 210 g/mol. The third-order valence-electron chi connectivity index (χ3n) is 1.87. The lowest BCUT2D eigenvalue weighted by Gasteiger charge is -2.09. The van der Waals surface area contributed by atoms with Gasteiger partial charge in [0.1, 0.15) is 5.92 Å². The van der Waals surface area contributed by atoms with Crippen molar-refractivity contribution in [3.05, 3.63) is 35.4 Å². The molecule has 14 heavy (non-hydrogen) atoms. The van der Waals surface area contributed by atoms with Crippen LogP contribution < -0.4 is 0 Å². The van der Waals surface area contributed by atoms with Gasteiger partial charge in [-0.05, 0) is 24.7 Å². The zero-order valence-corrected chi connectivity index (χ0v) is 8.41. The van der Waals surface area contributed by atoms with Gasteiger partial charge in [0.2, 0.25) is 0 Å². The van der Waals surface area contributed by atoms with Crippen molar-refractivity contribution in [2.24, 2.45) is 0 Å². The van der Waals surface area contributed by atoms with Crippen molar-refractivity contribution >= 4 is 23.2 Å². The van der Waals surface area contributed by atoms with Gasteiger partial charge in [0.05, 0.1) is 0 Å². The molecule has 0 aromatic heterocycles. The minimum Gasteiger partial charge on any atom is -0.501 e. The van der Waals surface area contributed by atoms with E-state index in [0.717, 1.165) is 5.56 Å². The van der Waals surface area contributed by atoms with Crippen LogP contribution in [0.3, 0.4) is 0 Å². The predicted molar refractivity (Wildman–Crippen MR) is 56.8 cm³/mol. The minimum absolute atomic E-state index is 0.505. The molecule has 0 radical (unpaired) electrons. The number of hydrogen-bond acceptors (Lipinski definition) is 2. The molecule has 74 valence electrons. The Balaban J connectivity index is 3.12. The summed E-state index contributed by atoms with van der Waals surface area (Å²) in [6.45, 7) is 1.85. The highest BCUT2D eigenvalue weighted by atomic mass is 32.1. The third-order valence-corrected chi connectivity index (χ3v) is 2.11. The lowest BCUT2D eigenvalue weighted by molar-refractivity contribution is -0.137. The summed E-state index contributed by atoms with van der Waals surface area (Å²) >= 11 is 4.49. The van der Waals surface area contributed by atoms with Crippen LogP contribution in [-0.2, 0) is 4.79 Å². The van der Waals surface area contributed by atoms with Gasteiger partial charge >= 0.3 is 5.97 Å². The quantitative estimate of drug-likeness (QED) is 0.750. The highest BCUT2D eigenvalue weighted by molar-refractivity contribution is 7.80. The number of aliphatic hydroxyl groups is 1. The number of rotatable bonds is 3. The fourth-order valence-electron chi connectivity index (χ4n) is 1.24. The normalized spacial score (nSPS) is 12.1. The number of carboxylic acid groups (broad SMARTS) is 1. The van der Waals surface area contributed by atoms with Crippen LogP contribution in [0.15, 0.2) is 24.3 Å². The molecular weight excluding hydrogens is 200 g/mol. The fourth-order valence-corrected chi connectivity index (χ4v) is 1.48. The van der Waals surface area contributed by atoms with E-state index in [4.69, 9.17) is 10.2 Å². The molecule has 0 aliphatic rings. The molecule has 0 amide bonds. The van der Waals surface area contributed by atoms with E-state index in [9.17, 15) is 4.79 Å². The summed E-state index contributed by atoms with van der Waals surface area (Å²) in [5.74, 6) is -2.24. The van der Waals surface area contributed by atoms with E-state index in [1.807, 2.05) is 13.0 Å². The molecule has 3 nitrogen and oxygen atoms in total. The topological polar surface area (TPSA) is 57.5 Å². The van der Waals surface area contributed by atoms with Gasteiger partial charge in [-0.25, -0.2) is 0 Å². The predicted octanol–water partition coefficient (Wildman–Crippen LogP) is 2.05. The number of aliphatic carboxylic acids is 1. The third kappa shape index (κ3) is 2.29. The van der Waals surface area contributed by atoms with Gasteiger partial charge < -0.3 is 10.2 Å². The Bertz CT molecular complexity index is 359. The Kier molecular flexibility index (Phi) is 3.19. The van der Waals surface area contributed by atoms with Crippen molar-refractivity contribution < 1.29 is 15.0 Å². The molecular formula is C10H10O3S. The number of thiocarbonyl (C=S) groups is 1. The molecule has 1 aromatic rings. The Hall–Kier alpha value is -1.42. The first-order valence-electron chi connectivity index (χ1n) is 4.04. The smallest absolute Gasteiger partial charge is 0.319 e. The summed E-state index contributed by atoms with van der Waals surface area (Å²) in [4.78, 5) is 10.8. The summed E-state index contributed by atoms with van der Waals surface area (Å²) in [7, 11) is 0. The first-order chi connectivity index (χ1) is 6.52. The van der Waals surface area contributed by atoms with Crippen LogP contribution in [0, 0.1) is 6.92 Å². The highest BCUT2D eigenvalue weighted by Crippen LogP contribution is 2.18. The standard InChI is InChI=1S/C10H10O3S/c1-6-3-2-4-7(5-6)8(9(11)12)10(13)14/h2-5,8H,1H3,(H,11,12)(H,13,14). The SMILES string of the molecule is Cc1cccc(C(C(=O)O)C(O)=S)c1. The molecule has 1 unspecified atom stereocenters. The zero-order valence-electron chi connectivity index (χ0n) is 7.60. The van der Waals surface area contributed by atoms with E-state index in [0.29, 0.717) is 5.56 Å². The van der Waals surface area contributed by atoms with E-state index in [-0.39, 0.29) is 0 Å².